The molecule has 2 heterocycles. The average molecular weight is 350 g/mol. The fourth-order valence-corrected chi connectivity index (χ4v) is 3.19. The van der Waals surface area contributed by atoms with E-state index in [1.54, 1.807) is 12.1 Å². The molecule has 6 heteroatoms. The maximum atomic E-state index is 13.1. The lowest BCUT2D eigenvalue weighted by atomic mass is 10.1. The Bertz CT molecular complexity index is 892. The number of hydrogen-bond donors (Lipinski definition) is 2. The van der Waals surface area contributed by atoms with E-state index in [0.717, 1.165) is 30.0 Å². The van der Waals surface area contributed by atoms with Gasteiger partial charge in [-0.25, -0.2) is 4.39 Å². The highest BCUT2D eigenvalue weighted by molar-refractivity contribution is 5.94. The number of benzene rings is 2. The summed E-state index contributed by atoms with van der Waals surface area (Å²) < 4.78 is 13.1. The van der Waals surface area contributed by atoms with Gasteiger partial charge >= 0.3 is 0 Å². The van der Waals surface area contributed by atoms with Crippen molar-refractivity contribution >= 4 is 11.7 Å². The zero-order valence-electron chi connectivity index (χ0n) is 14.2. The Hall–Kier alpha value is -3.15. The third kappa shape index (κ3) is 3.44. The highest BCUT2D eigenvalue weighted by Gasteiger charge is 2.26. The van der Waals surface area contributed by atoms with E-state index >= 15 is 0 Å². The van der Waals surface area contributed by atoms with E-state index in [9.17, 15) is 9.18 Å². The molecule has 1 fully saturated rings. The fraction of sp³-hybridized carbons (Fsp3) is 0.200. The largest absolute Gasteiger partial charge is 0.353 e. The predicted molar refractivity (Wildman–Crippen MR) is 98.5 cm³/mol. The van der Waals surface area contributed by atoms with Gasteiger partial charge in [-0.1, -0.05) is 18.2 Å². The smallest absolute Gasteiger partial charge is 0.251 e. The lowest BCUT2D eigenvalue weighted by molar-refractivity contribution is 0.0940. The van der Waals surface area contributed by atoms with Crippen molar-refractivity contribution in [2.45, 2.75) is 12.5 Å². The molecule has 1 aromatic heterocycles. The van der Waals surface area contributed by atoms with E-state index in [4.69, 9.17) is 0 Å². The zero-order chi connectivity index (χ0) is 17.9. The summed E-state index contributed by atoms with van der Waals surface area (Å²) in [6, 6.07) is 17.6. The molecule has 3 aromatic rings. The highest BCUT2D eigenvalue weighted by atomic mass is 19.1. The molecular formula is C20H19FN4O. The maximum Gasteiger partial charge on any atom is 0.251 e. The van der Waals surface area contributed by atoms with Crippen molar-refractivity contribution in [2.24, 2.45) is 0 Å². The summed E-state index contributed by atoms with van der Waals surface area (Å²) >= 11 is 0. The van der Waals surface area contributed by atoms with Crippen LogP contribution in [0, 0.1) is 5.82 Å². The normalized spacial score (nSPS) is 16.7. The first-order valence-corrected chi connectivity index (χ1v) is 8.61. The number of hydrogen-bond acceptors (Lipinski definition) is 3. The average Bonchev–Trinajstić information content (AvgIpc) is 3.32. The van der Waals surface area contributed by atoms with Crippen LogP contribution in [0.3, 0.4) is 0 Å². The number of rotatable bonds is 4. The van der Waals surface area contributed by atoms with Gasteiger partial charge in [-0.15, -0.1) is 0 Å². The Morgan fingerprint density at radius 3 is 2.69 bits per heavy atom. The van der Waals surface area contributed by atoms with Crippen molar-refractivity contribution in [3.05, 3.63) is 72.0 Å². The van der Waals surface area contributed by atoms with Crippen LogP contribution in [0.1, 0.15) is 16.8 Å². The maximum absolute atomic E-state index is 13.1. The van der Waals surface area contributed by atoms with Gasteiger partial charge in [0, 0.05) is 30.8 Å². The van der Waals surface area contributed by atoms with Crippen molar-refractivity contribution in [3.8, 4) is 11.3 Å². The second-order valence-corrected chi connectivity index (χ2v) is 6.42. The molecule has 1 aliphatic rings. The molecule has 1 aliphatic heterocycles. The van der Waals surface area contributed by atoms with Gasteiger partial charge < -0.3 is 10.2 Å². The number of carbonyl (C=O) groups excluding carboxylic acids is 1. The van der Waals surface area contributed by atoms with Gasteiger partial charge in [0.2, 0.25) is 0 Å². The van der Waals surface area contributed by atoms with Gasteiger partial charge in [0.15, 0.2) is 5.82 Å². The summed E-state index contributed by atoms with van der Waals surface area (Å²) in [5, 5.41) is 10.4. The molecule has 2 aromatic carbocycles. The topological polar surface area (TPSA) is 61.0 Å². The molecule has 2 N–H and O–H groups in total. The third-order valence-electron chi connectivity index (χ3n) is 4.60. The van der Waals surface area contributed by atoms with Crippen molar-refractivity contribution in [1.29, 1.82) is 0 Å². The van der Waals surface area contributed by atoms with Crippen LogP contribution < -0.4 is 10.2 Å². The minimum atomic E-state index is -0.259. The minimum Gasteiger partial charge on any atom is -0.353 e. The first-order chi connectivity index (χ1) is 12.7. The molecule has 132 valence electrons. The van der Waals surface area contributed by atoms with Gasteiger partial charge in [-0.3, -0.25) is 9.89 Å². The first kappa shape index (κ1) is 16.3. The molecule has 4 rings (SSSR count). The molecule has 0 saturated carbocycles. The SMILES string of the molecule is O=C(NC1CCN(c2cc(-c3ccc(F)cc3)[nH]n2)C1)c1ccccc1. The number of carbonyl (C=O) groups is 1. The molecule has 0 aliphatic carbocycles. The molecule has 1 amide bonds. The first-order valence-electron chi connectivity index (χ1n) is 8.61. The van der Waals surface area contributed by atoms with Crippen molar-refractivity contribution in [1.82, 2.24) is 15.5 Å². The third-order valence-corrected chi connectivity index (χ3v) is 4.60. The van der Waals surface area contributed by atoms with Crippen molar-refractivity contribution in [3.63, 3.8) is 0 Å². The van der Waals surface area contributed by atoms with Crippen LogP contribution in [0.2, 0.25) is 0 Å². The lowest BCUT2D eigenvalue weighted by Crippen LogP contribution is -2.37. The van der Waals surface area contributed by atoms with E-state index in [1.165, 1.54) is 12.1 Å². The molecule has 5 nitrogen and oxygen atoms in total. The summed E-state index contributed by atoms with van der Waals surface area (Å²) in [5.74, 6) is 0.525. The quantitative estimate of drug-likeness (QED) is 0.759. The van der Waals surface area contributed by atoms with Crippen molar-refractivity contribution < 1.29 is 9.18 Å². The Morgan fingerprint density at radius 1 is 1.15 bits per heavy atom. The zero-order valence-corrected chi connectivity index (χ0v) is 14.2. The molecule has 1 atom stereocenters. The van der Waals surface area contributed by atoms with E-state index in [-0.39, 0.29) is 17.8 Å². The Morgan fingerprint density at radius 2 is 1.92 bits per heavy atom. The number of H-pyrrole nitrogens is 1. The lowest BCUT2D eigenvalue weighted by Gasteiger charge is -2.16. The monoisotopic (exact) mass is 350 g/mol. The number of anilines is 1. The number of amides is 1. The van der Waals surface area contributed by atoms with Crippen LogP contribution in [-0.2, 0) is 0 Å². The number of nitrogens with one attached hydrogen (secondary N) is 2. The number of nitrogens with zero attached hydrogens (tertiary/aromatic N) is 2. The van der Waals surface area contributed by atoms with Gasteiger partial charge in [0.1, 0.15) is 5.82 Å². The van der Waals surface area contributed by atoms with Gasteiger partial charge in [-0.05, 0) is 48.4 Å². The van der Waals surface area contributed by atoms with Crippen LogP contribution in [0.5, 0.6) is 0 Å². The molecule has 26 heavy (non-hydrogen) atoms. The van der Waals surface area contributed by atoms with E-state index < -0.39 is 0 Å². The van der Waals surface area contributed by atoms with E-state index in [2.05, 4.69) is 20.4 Å². The Labute approximate surface area is 150 Å². The number of aromatic amines is 1. The second kappa shape index (κ2) is 7.00. The fourth-order valence-electron chi connectivity index (χ4n) is 3.19. The van der Waals surface area contributed by atoms with Crippen LogP contribution >= 0.6 is 0 Å². The van der Waals surface area contributed by atoms with Crippen LogP contribution in [0.15, 0.2) is 60.7 Å². The highest BCUT2D eigenvalue weighted by Crippen LogP contribution is 2.24. The number of aromatic nitrogens is 2. The molecule has 1 saturated heterocycles. The molecule has 0 spiro atoms. The summed E-state index contributed by atoms with van der Waals surface area (Å²) in [5.41, 5.74) is 2.40. The summed E-state index contributed by atoms with van der Waals surface area (Å²) in [6.45, 7) is 1.54. The van der Waals surface area contributed by atoms with Gasteiger partial charge in [0.05, 0.1) is 5.69 Å². The molecular weight excluding hydrogens is 331 g/mol. The molecule has 1 unspecified atom stereocenters. The Balaban J connectivity index is 1.40. The minimum absolute atomic E-state index is 0.0496. The summed E-state index contributed by atoms with van der Waals surface area (Å²) in [7, 11) is 0. The van der Waals surface area contributed by atoms with E-state index in [1.807, 2.05) is 36.4 Å². The Kier molecular flexibility index (Phi) is 4.39. The summed E-state index contributed by atoms with van der Waals surface area (Å²) in [6.07, 6.45) is 0.872. The molecule has 0 bridgehead atoms. The predicted octanol–water partition coefficient (Wildman–Crippen LogP) is 3.22. The van der Waals surface area contributed by atoms with Crippen LogP contribution in [0.25, 0.3) is 11.3 Å². The van der Waals surface area contributed by atoms with Gasteiger partial charge in [0.25, 0.3) is 5.91 Å². The van der Waals surface area contributed by atoms with Crippen molar-refractivity contribution in [2.75, 3.05) is 18.0 Å². The summed E-state index contributed by atoms with van der Waals surface area (Å²) in [4.78, 5) is 14.4. The number of halogens is 1. The second-order valence-electron chi connectivity index (χ2n) is 6.42. The van der Waals surface area contributed by atoms with Gasteiger partial charge in [-0.2, -0.15) is 5.10 Å². The van der Waals surface area contributed by atoms with E-state index in [0.29, 0.717) is 12.1 Å². The van der Waals surface area contributed by atoms with Crippen LogP contribution in [-0.4, -0.2) is 35.2 Å². The molecule has 0 radical (unpaired) electrons. The van der Waals surface area contributed by atoms with Crippen LogP contribution in [0.4, 0.5) is 10.2 Å². The standard InChI is InChI=1S/C20H19FN4O/c21-16-8-6-14(7-9-16)18-12-19(24-23-18)25-11-10-17(13-25)22-20(26)15-4-2-1-3-5-15/h1-9,12,17H,10-11,13H2,(H,22,26)(H,23,24).